The van der Waals surface area contributed by atoms with Gasteiger partial charge in [0.25, 0.3) is 0 Å². The Morgan fingerprint density at radius 2 is 2.11 bits per heavy atom. The minimum absolute atomic E-state index is 0.0104. The minimum Gasteiger partial charge on any atom is -0.496 e. The van der Waals surface area contributed by atoms with Crippen LogP contribution in [0.5, 0.6) is 5.75 Å². The van der Waals surface area contributed by atoms with E-state index in [4.69, 9.17) is 16.3 Å². The topological polar surface area (TPSA) is 94.6 Å². The number of aromatic nitrogens is 2. The predicted octanol–water partition coefficient (Wildman–Crippen LogP) is 3.95. The molecule has 8 nitrogen and oxygen atoms in total. The summed E-state index contributed by atoms with van der Waals surface area (Å²) in [5, 5.41) is 19.0. The first-order valence-corrected chi connectivity index (χ1v) is 8.33. The van der Waals surface area contributed by atoms with Crippen LogP contribution in [-0.4, -0.2) is 28.0 Å². The zero-order chi connectivity index (χ0) is 19.2. The third-order valence-corrected chi connectivity index (χ3v) is 3.96. The van der Waals surface area contributed by atoms with Crippen molar-refractivity contribution in [3.8, 4) is 5.75 Å². The lowest BCUT2D eigenvalue weighted by Crippen LogP contribution is -2.04. The standard InChI is InChI=1S/C18H16ClN5O3/c1-27-17-8-7-13(10-20-21-15-5-3-2-4-6-15)9-14(17)11-23-12-16(19)18(22-23)24(25)26/h2-10,12,21H,11H2,1H3. The Kier molecular flexibility index (Phi) is 5.68. The Morgan fingerprint density at radius 3 is 2.78 bits per heavy atom. The molecule has 0 radical (unpaired) electrons. The smallest absolute Gasteiger partial charge is 0.408 e. The molecule has 1 heterocycles. The van der Waals surface area contributed by atoms with Crippen molar-refractivity contribution in [3.05, 3.63) is 81.0 Å². The van der Waals surface area contributed by atoms with Gasteiger partial charge in [-0.05, 0) is 40.8 Å². The maximum Gasteiger partial charge on any atom is 0.408 e. The molecule has 9 heteroatoms. The molecule has 2 aromatic carbocycles. The molecule has 0 amide bonds. The first-order chi connectivity index (χ1) is 13.1. The van der Waals surface area contributed by atoms with E-state index >= 15 is 0 Å². The molecule has 3 aromatic rings. The lowest BCUT2D eigenvalue weighted by atomic mass is 10.1. The highest BCUT2D eigenvalue weighted by Crippen LogP contribution is 2.24. The number of benzene rings is 2. The summed E-state index contributed by atoms with van der Waals surface area (Å²) in [7, 11) is 1.56. The highest BCUT2D eigenvalue weighted by atomic mass is 35.5. The van der Waals surface area contributed by atoms with Gasteiger partial charge < -0.3 is 14.9 Å². The van der Waals surface area contributed by atoms with Crippen LogP contribution in [0.15, 0.2) is 59.8 Å². The number of hydrogen-bond donors (Lipinski definition) is 1. The number of para-hydroxylation sites is 1. The average molecular weight is 386 g/mol. The monoisotopic (exact) mass is 385 g/mol. The van der Waals surface area contributed by atoms with Gasteiger partial charge in [-0.1, -0.05) is 29.8 Å². The minimum atomic E-state index is -0.617. The average Bonchev–Trinajstić information content (AvgIpc) is 3.03. The fraction of sp³-hybridized carbons (Fsp3) is 0.111. The Bertz CT molecular complexity index is 972. The number of nitrogens with zero attached hydrogens (tertiary/aromatic N) is 4. The van der Waals surface area contributed by atoms with Gasteiger partial charge in [0.15, 0.2) is 5.02 Å². The van der Waals surface area contributed by atoms with Gasteiger partial charge in [-0.2, -0.15) is 9.78 Å². The Morgan fingerprint density at radius 1 is 1.33 bits per heavy atom. The van der Waals surface area contributed by atoms with Gasteiger partial charge in [0.05, 0.1) is 36.9 Å². The number of methoxy groups -OCH3 is 1. The van der Waals surface area contributed by atoms with Crippen LogP contribution in [0.3, 0.4) is 0 Å². The summed E-state index contributed by atoms with van der Waals surface area (Å²) in [6.07, 6.45) is 3.09. The first-order valence-electron chi connectivity index (χ1n) is 7.95. The summed E-state index contributed by atoms with van der Waals surface area (Å²) in [6, 6.07) is 15.1. The lowest BCUT2D eigenvalue weighted by Gasteiger charge is -2.08. The molecule has 27 heavy (non-hydrogen) atoms. The largest absolute Gasteiger partial charge is 0.496 e. The molecule has 1 N–H and O–H groups in total. The SMILES string of the molecule is COc1ccc(C=NNc2ccccc2)cc1Cn1cc(Cl)c([N+](=O)[O-])n1. The molecule has 0 saturated carbocycles. The molecule has 0 saturated heterocycles. The number of hydrogen-bond acceptors (Lipinski definition) is 6. The van der Waals surface area contributed by atoms with Crippen molar-refractivity contribution in [2.45, 2.75) is 6.54 Å². The molecule has 0 fully saturated rings. The second-order valence-corrected chi connectivity index (χ2v) is 5.97. The summed E-state index contributed by atoms with van der Waals surface area (Å²) < 4.78 is 6.77. The molecule has 138 valence electrons. The molecule has 3 rings (SSSR count). The van der Waals surface area contributed by atoms with Crippen LogP contribution in [-0.2, 0) is 6.54 Å². The Hall–Kier alpha value is -3.39. The van der Waals surface area contributed by atoms with Crippen LogP contribution in [0, 0.1) is 10.1 Å². The Labute approximate surface area is 160 Å². The van der Waals surface area contributed by atoms with E-state index in [-0.39, 0.29) is 17.4 Å². The summed E-state index contributed by atoms with van der Waals surface area (Å²) in [4.78, 5) is 10.3. The molecular weight excluding hydrogens is 370 g/mol. The van der Waals surface area contributed by atoms with Crippen molar-refractivity contribution in [1.29, 1.82) is 0 Å². The van der Waals surface area contributed by atoms with Crippen LogP contribution in [0.25, 0.3) is 0 Å². The number of rotatable bonds is 7. The van der Waals surface area contributed by atoms with Gasteiger partial charge in [-0.25, -0.2) is 0 Å². The first kappa shape index (κ1) is 18.4. The molecular formula is C18H16ClN5O3. The molecule has 0 atom stereocenters. The van der Waals surface area contributed by atoms with E-state index in [0.29, 0.717) is 5.75 Å². The van der Waals surface area contributed by atoms with Crippen molar-refractivity contribution >= 4 is 29.3 Å². The van der Waals surface area contributed by atoms with Crippen LogP contribution >= 0.6 is 11.6 Å². The summed E-state index contributed by atoms with van der Waals surface area (Å²) in [5.74, 6) is 0.262. The van der Waals surface area contributed by atoms with E-state index in [0.717, 1.165) is 16.8 Å². The summed E-state index contributed by atoms with van der Waals surface area (Å²) in [5.41, 5.74) is 5.44. The zero-order valence-corrected chi connectivity index (χ0v) is 15.1. The van der Waals surface area contributed by atoms with E-state index in [2.05, 4.69) is 15.6 Å². The van der Waals surface area contributed by atoms with Crippen molar-refractivity contribution < 1.29 is 9.66 Å². The second kappa shape index (κ2) is 8.33. The third kappa shape index (κ3) is 4.62. The van der Waals surface area contributed by atoms with Crippen molar-refractivity contribution in [3.63, 3.8) is 0 Å². The molecule has 0 aliphatic rings. The third-order valence-electron chi connectivity index (χ3n) is 3.69. The molecule has 1 aromatic heterocycles. The van der Waals surface area contributed by atoms with Crippen LogP contribution in [0.2, 0.25) is 5.02 Å². The van der Waals surface area contributed by atoms with Crippen LogP contribution < -0.4 is 10.2 Å². The van der Waals surface area contributed by atoms with Gasteiger partial charge in [-0.15, -0.1) is 0 Å². The number of anilines is 1. The predicted molar refractivity (Wildman–Crippen MR) is 104 cm³/mol. The highest BCUT2D eigenvalue weighted by molar-refractivity contribution is 6.32. The highest BCUT2D eigenvalue weighted by Gasteiger charge is 2.19. The number of hydrazone groups is 1. The quantitative estimate of drug-likeness (QED) is 0.377. The second-order valence-electron chi connectivity index (χ2n) is 5.56. The van der Waals surface area contributed by atoms with Gasteiger partial charge in [0.1, 0.15) is 5.75 Å². The number of ether oxygens (including phenoxy) is 1. The number of nitro groups is 1. The molecule has 0 bridgehead atoms. The molecule has 0 aliphatic carbocycles. The van der Waals surface area contributed by atoms with E-state index in [1.807, 2.05) is 42.5 Å². The maximum atomic E-state index is 10.9. The van der Waals surface area contributed by atoms with Gasteiger partial charge >= 0.3 is 5.82 Å². The molecule has 0 unspecified atom stereocenters. The van der Waals surface area contributed by atoms with E-state index < -0.39 is 4.92 Å². The number of nitrogens with one attached hydrogen (secondary N) is 1. The summed E-state index contributed by atoms with van der Waals surface area (Å²) >= 11 is 5.85. The van der Waals surface area contributed by atoms with E-state index in [9.17, 15) is 10.1 Å². The zero-order valence-electron chi connectivity index (χ0n) is 14.4. The van der Waals surface area contributed by atoms with Crippen LogP contribution in [0.4, 0.5) is 11.5 Å². The fourth-order valence-electron chi connectivity index (χ4n) is 2.46. The van der Waals surface area contributed by atoms with Crippen molar-refractivity contribution in [2.75, 3.05) is 12.5 Å². The van der Waals surface area contributed by atoms with Crippen molar-refractivity contribution in [1.82, 2.24) is 9.78 Å². The summed E-state index contributed by atoms with van der Waals surface area (Å²) in [6.45, 7) is 0.268. The van der Waals surface area contributed by atoms with Gasteiger partial charge in [0, 0.05) is 5.56 Å². The van der Waals surface area contributed by atoms with Gasteiger partial charge in [0.2, 0.25) is 0 Å². The van der Waals surface area contributed by atoms with Crippen LogP contribution in [0.1, 0.15) is 11.1 Å². The fourth-order valence-corrected chi connectivity index (χ4v) is 2.68. The normalized spacial score (nSPS) is 10.9. The molecule has 0 spiro atoms. The van der Waals surface area contributed by atoms with Gasteiger partial charge in [-0.3, -0.25) is 5.43 Å². The van der Waals surface area contributed by atoms with E-state index in [1.165, 1.54) is 10.9 Å². The number of halogens is 1. The Balaban J connectivity index is 1.79. The van der Waals surface area contributed by atoms with E-state index in [1.54, 1.807) is 19.4 Å². The maximum absolute atomic E-state index is 10.9. The van der Waals surface area contributed by atoms with Crippen molar-refractivity contribution in [2.24, 2.45) is 5.10 Å². The lowest BCUT2D eigenvalue weighted by molar-refractivity contribution is -0.389. The molecule has 0 aliphatic heterocycles.